The van der Waals surface area contributed by atoms with Crippen LogP contribution in [0.4, 0.5) is 5.69 Å². The van der Waals surface area contributed by atoms with E-state index in [1.807, 2.05) is 36.4 Å². The van der Waals surface area contributed by atoms with E-state index in [-0.39, 0.29) is 23.8 Å². The van der Waals surface area contributed by atoms with Crippen molar-refractivity contribution in [3.63, 3.8) is 0 Å². The van der Waals surface area contributed by atoms with Gasteiger partial charge in [-0.25, -0.2) is 0 Å². The Morgan fingerprint density at radius 3 is 2.41 bits per heavy atom. The molecule has 212 valence electrons. The molecule has 1 spiro atoms. The van der Waals surface area contributed by atoms with Gasteiger partial charge in [0.15, 0.2) is 0 Å². The molecule has 39 heavy (non-hydrogen) atoms. The summed E-state index contributed by atoms with van der Waals surface area (Å²) in [6, 6.07) is 6.70. The van der Waals surface area contributed by atoms with Gasteiger partial charge in [-0.3, -0.25) is 14.4 Å². The van der Waals surface area contributed by atoms with Crippen molar-refractivity contribution < 1.29 is 19.1 Å². The van der Waals surface area contributed by atoms with Gasteiger partial charge in [0.25, 0.3) is 0 Å². The molecule has 1 aromatic carbocycles. The highest BCUT2D eigenvalue weighted by Gasteiger charge is 2.72. The number of fused-ring (bicyclic) bond motifs is 1. The third-order valence-electron chi connectivity index (χ3n) is 8.73. The predicted octanol–water partition coefficient (Wildman–Crippen LogP) is 4.11. The standard InChI is InChI=1S/C30H41BrN4O4/c1-3-16-34(17-4-2)18-19-35-26(28(37)33-21-8-6-5-7-9-21)30-15-14-23(39-30)24(25(30)29(35)38)27(36)32-22-12-10-20(31)11-13-22/h10-15,21,23-26H,3-9,16-19H2,1-2H3,(H,32,36)(H,33,37)/t23-,24+,25-,26+,30-/m0/s1. The summed E-state index contributed by atoms with van der Waals surface area (Å²) in [6.45, 7) is 7.31. The van der Waals surface area contributed by atoms with Gasteiger partial charge in [-0.05, 0) is 63.0 Å². The molecule has 5 rings (SSSR count). The number of nitrogens with zero attached hydrogens (tertiary/aromatic N) is 2. The van der Waals surface area contributed by atoms with Crippen LogP contribution in [0.5, 0.6) is 0 Å². The molecule has 0 unspecified atom stereocenters. The second-order valence-electron chi connectivity index (χ2n) is 11.4. The van der Waals surface area contributed by atoms with E-state index in [4.69, 9.17) is 4.74 Å². The minimum absolute atomic E-state index is 0.120. The molecule has 3 heterocycles. The number of hydrogen-bond acceptors (Lipinski definition) is 5. The minimum atomic E-state index is -1.12. The molecule has 1 saturated carbocycles. The van der Waals surface area contributed by atoms with Gasteiger partial charge in [-0.1, -0.05) is 61.2 Å². The van der Waals surface area contributed by atoms with Crippen LogP contribution in [0, 0.1) is 11.8 Å². The summed E-state index contributed by atoms with van der Waals surface area (Å²) in [6.07, 6.45) is 10.6. The third kappa shape index (κ3) is 5.55. The smallest absolute Gasteiger partial charge is 0.246 e. The zero-order chi connectivity index (χ0) is 27.6. The van der Waals surface area contributed by atoms with Gasteiger partial charge in [-0.15, -0.1) is 0 Å². The summed E-state index contributed by atoms with van der Waals surface area (Å²) < 4.78 is 7.40. The molecule has 0 aromatic heterocycles. The molecule has 2 bridgehead atoms. The van der Waals surface area contributed by atoms with Gasteiger partial charge < -0.3 is 25.2 Å². The Bertz CT molecular complexity index is 1080. The Balaban J connectivity index is 1.41. The number of carbonyl (C=O) groups is 3. The fraction of sp³-hybridized carbons (Fsp3) is 0.633. The molecule has 2 saturated heterocycles. The maximum atomic E-state index is 14.1. The van der Waals surface area contributed by atoms with Crippen molar-refractivity contribution in [3.8, 4) is 0 Å². The Morgan fingerprint density at radius 1 is 1.05 bits per heavy atom. The fourth-order valence-electron chi connectivity index (χ4n) is 7.01. The Morgan fingerprint density at radius 2 is 1.74 bits per heavy atom. The highest BCUT2D eigenvalue weighted by atomic mass is 79.9. The average Bonchev–Trinajstić information content (AvgIpc) is 3.56. The van der Waals surface area contributed by atoms with Gasteiger partial charge in [-0.2, -0.15) is 0 Å². The Hall–Kier alpha value is -2.23. The van der Waals surface area contributed by atoms with Gasteiger partial charge in [0.1, 0.15) is 11.6 Å². The number of rotatable bonds is 11. The number of amides is 3. The molecule has 0 radical (unpaired) electrons. The first kappa shape index (κ1) is 28.3. The van der Waals surface area contributed by atoms with Crippen molar-refractivity contribution in [2.24, 2.45) is 11.8 Å². The number of benzene rings is 1. The van der Waals surface area contributed by atoms with E-state index >= 15 is 0 Å². The monoisotopic (exact) mass is 600 g/mol. The molecule has 5 atom stereocenters. The molecule has 9 heteroatoms. The summed E-state index contributed by atoms with van der Waals surface area (Å²) >= 11 is 3.42. The molecular weight excluding hydrogens is 560 g/mol. The first-order valence-corrected chi connectivity index (χ1v) is 15.4. The van der Waals surface area contributed by atoms with E-state index in [2.05, 4.69) is 45.3 Å². The zero-order valence-electron chi connectivity index (χ0n) is 23.0. The molecule has 1 aromatic rings. The highest BCUT2D eigenvalue weighted by Crippen LogP contribution is 2.55. The van der Waals surface area contributed by atoms with Crippen LogP contribution in [-0.4, -0.2) is 77.5 Å². The molecule has 2 N–H and O–H groups in total. The molecule has 8 nitrogen and oxygen atoms in total. The first-order valence-electron chi connectivity index (χ1n) is 14.6. The van der Waals surface area contributed by atoms with Crippen LogP contribution >= 0.6 is 15.9 Å². The molecule has 1 aliphatic carbocycles. The van der Waals surface area contributed by atoms with Crippen molar-refractivity contribution in [3.05, 3.63) is 40.9 Å². The van der Waals surface area contributed by atoms with Crippen molar-refractivity contribution in [2.75, 3.05) is 31.5 Å². The lowest BCUT2D eigenvalue weighted by Crippen LogP contribution is -2.57. The van der Waals surface area contributed by atoms with Crippen LogP contribution in [0.1, 0.15) is 58.8 Å². The summed E-state index contributed by atoms with van der Waals surface area (Å²) in [5.41, 5.74) is -0.463. The van der Waals surface area contributed by atoms with Crippen LogP contribution in [0.15, 0.2) is 40.9 Å². The molecule has 3 aliphatic heterocycles. The van der Waals surface area contributed by atoms with E-state index in [9.17, 15) is 14.4 Å². The molecule has 3 amide bonds. The minimum Gasteiger partial charge on any atom is -0.359 e. The highest BCUT2D eigenvalue weighted by molar-refractivity contribution is 9.10. The van der Waals surface area contributed by atoms with Gasteiger partial charge >= 0.3 is 0 Å². The second kappa shape index (κ2) is 12.1. The molecular formula is C30H41BrN4O4. The van der Waals surface area contributed by atoms with Gasteiger partial charge in [0, 0.05) is 29.3 Å². The predicted molar refractivity (Wildman–Crippen MR) is 154 cm³/mol. The number of halogens is 1. The maximum Gasteiger partial charge on any atom is 0.246 e. The number of likely N-dealkylation sites (tertiary alicyclic amines) is 1. The van der Waals surface area contributed by atoms with Crippen LogP contribution in [0.25, 0.3) is 0 Å². The van der Waals surface area contributed by atoms with E-state index in [0.29, 0.717) is 18.8 Å². The normalized spacial score (nSPS) is 29.7. The number of hydrogen-bond donors (Lipinski definition) is 2. The summed E-state index contributed by atoms with van der Waals surface area (Å²) in [5.74, 6) is -1.98. The lowest BCUT2D eigenvalue weighted by Gasteiger charge is -2.35. The van der Waals surface area contributed by atoms with E-state index < -0.39 is 29.6 Å². The van der Waals surface area contributed by atoms with Crippen LogP contribution in [0.2, 0.25) is 0 Å². The summed E-state index contributed by atoms with van der Waals surface area (Å²) in [7, 11) is 0. The SMILES string of the molecule is CCCN(CCC)CCN1C(=O)[C@@H]2[C@H](C(=O)Nc3ccc(Br)cc3)[C@@H]3C=C[C@@]2(O3)[C@H]1C(=O)NC1CCCCC1. The Labute approximate surface area is 240 Å². The molecule has 3 fully saturated rings. The number of ether oxygens (including phenoxy) is 1. The lowest BCUT2D eigenvalue weighted by molar-refractivity contribution is -0.141. The van der Waals surface area contributed by atoms with Gasteiger partial charge in [0.05, 0.1) is 17.9 Å². The lowest BCUT2D eigenvalue weighted by atomic mass is 9.74. The van der Waals surface area contributed by atoms with E-state index in [0.717, 1.165) is 56.1 Å². The van der Waals surface area contributed by atoms with Crippen molar-refractivity contribution in [1.29, 1.82) is 0 Å². The van der Waals surface area contributed by atoms with E-state index in [1.165, 1.54) is 6.42 Å². The maximum absolute atomic E-state index is 14.1. The number of nitrogens with one attached hydrogen (secondary N) is 2. The van der Waals surface area contributed by atoms with Crippen molar-refractivity contribution in [1.82, 2.24) is 15.1 Å². The number of anilines is 1. The van der Waals surface area contributed by atoms with Crippen LogP contribution < -0.4 is 10.6 Å². The quantitative estimate of drug-likeness (QED) is 0.373. The van der Waals surface area contributed by atoms with Crippen molar-refractivity contribution >= 4 is 39.3 Å². The van der Waals surface area contributed by atoms with E-state index in [1.54, 1.807) is 4.90 Å². The van der Waals surface area contributed by atoms with Crippen LogP contribution in [0.3, 0.4) is 0 Å². The third-order valence-corrected chi connectivity index (χ3v) is 9.25. The summed E-state index contributed by atoms with van der Waals surface area (Å²) in [5, 5.41) is 6.24. The second-order valence-corrected chi connectivity index (χ2v) is 12.3. The average molecular weight is 602 g/mol. The zero-order valence-corrected chi connectivity index (χ0v) is 24.6. The van der Waals surface area contributed by atoms with Crippen molar-refractivity contribution in [2.45, 2.75) is 82.6 Å². The van der Waals surface area contributed by atoms with Crippen LogP contribution in [-0.2, 0) is 19.1 Å². The summed E-state index contributed by atoms with van der Waals surface area (Å²) in [4.78, 5) is 45.8. The topological polar surface area (TPSA) is 91.0 Å². The fourth-order valence-corrected chi connectivity index (χ4v) is 7.28. The molecule has 4 aliphatic rings. The van der Waals surface area contributed by atoms with Gasteiger partial charge in [0.2, 0.25) is 17.7 Å². The Kier molecular flexibility index (Phi) is 8.79. The largest absolute Gasteiger partial charge is 0.359 e. The number of carbonyl (C=O) groups excluding carboxylic acids is 3. The first-order chi connectivity index (χ1) is 18.9.